The highest BCUT2D eigenvalue weighted by atomic mass is 32.1. The van der Waals surface area contributed by atoms with E-state index in [0.29, 0.717) is 0 Å². The van der Waals surface area contributed by atoms with Crippen molar-refractivity contribution in [2.45, 2.75) is 0 Å². The molecule has 0 N–H and O–H groups in total. The number of benzene rings is 10. The molecule has 3 heterocycles. The fourth-order valence-electron chi connectivity index (χ4n) is 9.91. The second kappa shape index (κ2) is 13.9. The van der Waals surface area contributed by atoms with E-state index in [0.717, 1.165) is 50.5 Å². The highest BCUT2D eigenvalue weighted by molar-refractivity contribution is 7.26. The summed E-state index contributed by atoms with van der Waals surface area (Å²) >= 11 is 1.85. The Bertz CT molecular complexity index is 3840. The summed E-state index contributed by atoms with van der Waals surface area (Å²) in [5.41, 5.74) is 12.2. The highest BCUT2D eigenvalue weighted by Crippen LogP contribution is 2.43. The molecule has 3 heteroatoms. The fourth-order valence-corrected chi connectivity index (χ4v) is 11.1. The van der Waals surface area contributed by atoms with Crippen molar-refractivity contribution in [3.63, 3.8) is 0 Å². The summed E-state index contributed by atoms with van der Waals surface area (Å²) in [6.07, 6.45) is 0. The number of nitrogens with zero attached hydrogens (tertiary/aromatic N) is 2. The van der Waals surface area contributed by atoms with Crippen LogP contribution in [0.3, 0.4) is 0 Å². The molecule has 0 spiro atoms. The Labute approximate surface area is 362 Å². The number of para-hydroxylation sites is 2. The summed E-state index contributed by atoms with van der Waals surface area (Å²) in [6.45, 7) is 0. The van der Waals surface area contributed by atoms with Crippen molar-refractivity contribution in [3.8, 4) is 50.5 Å². The van der Waals surface area contributed by atoms with Gasteiger partial charge in [-0.15, -0.1) is 11.3 Å². The molecule has 13 rings (SSSR count). The van der Waals surface area contributed by atoms with Gasteiger partial charge in [0.05, 0.1) is 22.4 Å². The normalized spacial score (nSPS) is 11.9. The van der Waals surface area contributed by atoms with E-state index in [1.807, 2.05) is 11.3 Å². The maximum absolute atomic E-state index is 5.62. The lowest BCUT2D eigenvalue weighted by molar-refractivity contribution is 1.18. The van der Waals surface area contributed by atoms with Crippen molar-refractivity contribution in [2.24, 2.45) is 0 Å². The van der Waals surface area contributed by atoms with Crippen LogP contribution in [0.25, 0.3) is 125 Å². The molecule has 0 saturated carbocycles. The van der Waals surface area contributed by atoms with Crippen LogP contribution in [0, 0.1) is 0 Å². The zero-order valence-electron chi connectivity index (χ0n) is 33.6. The largest absolute Gasteiger partial charge is 0.309 e. The topological polar surface area (TPSA) is 17.8 Å². The predicted molar refractivity (Wildman–Crippen MR) is 266 cm³/mol. The van der Waals surface area contributed by atoms with Crippen LogP contribution in [0.15, 0.2) is 218 Å². The van der Waals surface area contributed by atoms with Crippen molar-refractivity contribution >= 4 is 85.6 Å². The molecular formula is C59H36N2S. The summed E-state index contributed by atoms with van der Waals surface area (Å²) in [5.74, 6) is 0. The van der Waals surface area contributed by atoms with E-state index in [4.69, 9.17) is 4.98 Å². The van der Waals surface area contributed by atoms with Gasteiger partial charge in [-0.05, 0) is 109 Å². The number of hydrogen-bond acceptors (Lipinski definition) is 2. The van der Waals surface area contributed by atoms with Crippen LogP contribution in [0.5, 0.6) is 0 Å². The van der Waals surface area contributed by atoms with Crippen molar-refractivity contribution in [1.82, 2.24) is 9.55 Å². The minimum absolute atomic E-state index is 0.931. The summed E-state index contributed by atoms with van der Waals surface area (Å²) in [5, 5.41) is 12.6. The molecule has 62 heavy (non-hydrogen) atoms. The standard InChI is InChI=1S/C59H36N2S/c1-2-15-37(16-3-1)40-35-54(60-55(36-40)52-25-14-24-51-50-23-10-13-28-58(50)62-59(51)52)41-31-39(32-42(33-41)61-56-26-11-8-21-48(56)49-22-9-12-27-57(49)61)38-29-30-47-45-19-5-4-17-43(45)44-18-6-7-20-46(44)53(47)34-38/h1-36H. The molecule has 0 aliphatic rings. The summed E-state index contributed by atoms with van der Waals surface area (Å²) in [7, 11) is 0. The molecule has 0 bridgehead atoms. The van der Waals surface area contributed by atoms with Gasteiger partial charge >= 0.3 is 0 Å². The van der Waals surface area contributed by atoms with Gasteiger partial charge in [-0.3, -0.25) is 0 Å². The third-order valence-electron chi connectivity index (χ3n) is 12.7. The van der Waals surface area contributed by atoms with E-state index < -0.39 is 0 Å². The Morgan fingerprint density at radius 1 is 0.306 bits per heavy atom. The van der Waals surface area contributed by atoms with Gasteiger partial charge in [0.2, 0.25) is 0 Å². The zero-order valence-corrected chi connectivity index (χ0v) is 34.4. The van der Waals surface area contributed by atoms with E-state index in [1.165, 1.54) is 74.3 Å². The van der Waals surface area contributed by atoms with Gasteiger partial charge < -0.3 is 4.57 Å². The van der Waals surface area contributed by atoms with Gasteiger partial charge in [-0.2, -0.15) is 0 Å². The smallest absolute Gasteiger partial charge is 0.0730 e. The van der Waals surface area contributed by atoms with Crippen molar-refractivity contribution in [3.05, 3.63) is 218 Å². The molecule has 13 aromatic rings. The average Bonchev–Trinajstić information content (AvgIpc) is 3.90. The van der Waals surface area contributed by atoms with Gasteiger partial charge in [-0.1, -0.05) is 164 Å². The van der Waals surface area contributed by atoms with Crippen LogP contribution in [0.4, 0.5) is 0 Å². The van der Waals surface area contributed by atoms with E-state index in [-0.39, 0.29) is 0 Å². The van der Waals surface area contributed by atoms with Crippen LogP contribution in [0.1, 0.15) is 0 Å². The van der Waals surface area contributed by atoms with Crippen molar-refractivity contribution in [1.29, 1.82) is 0 Å². The second-order valence-electron chi connectivity index (χ2n) is 16.3. The van der Waals surface area contributed by atoms with Gasteiger partial charge in [0.1, 0.15) is 0 Å². The summed E-state index contributed by atoms with van der Waals surface area (Å²) in [4.78, 5) is 5.62. The maximum Gasteiger partial charge on any atom is 0.0730 e. The van der Waals surface area contributed by atoms with Crippen molar-refractivity contribution in [2.75, 3.05) is 0 Å². The Kier molecular flexibility index (Phi) is 7.81. The van der Waals surface area contributed by atoms with Gasteiger partial charge in [0.15, 0.2) is 0 Å². The molecule has 0 fully saturated rings. The predicted octanol–water partition coefficient (Wildman–Crippen LogP) is 16.7. The zero-order chi connectivity index (χ0) is 40.7. The van der Waals surface area contributed by atoms with Crippen LogP contribution in [0.2, 0.25) is 0 Å². The van der Waals surface area contributed by atoms with Crippen molar-refractivity contribution < 1.29 is 0 Å². The SMILES string of the molecule is c1ccc(-c2cc(-c3cc(-c4ccc5c6ccccc6c6ccccc6c5c4)cc(-n4c5ccccc5c5ccccc54)c3)nc(-c3cccc4c3sc3ccccc34)c2)cc1. The van der Waals surface area contributed by atoms with E-state index in [2.05, 4.69) is 223 Å². The second-order valence-corrected chi connectivity index (χ2v) is 17.3. The summed E-state index contributed by atoms with van der Waals surface area (Å²) < 4.78 is 4.98. The quantitative estimate of drug-likeness (QED) is 0.158. The number of pyridine rings is 1. The van der Waals surface area contributed by atoms with E-state index >= 15 is 0 Å². The number of aromatic nitrogens is 2. The van der Waals surface area contributed by atoms with E-state index in [1.54, 1.807) is 0 Å². The lowest BCUT2D eigenvalue weighted by Gasteiger charge is -2.16. The first kappa shape index (κ1) is 35.0. The van der Waals surface area contributed by atoms with Gasteiger partial charge in [0.25, 0.3) is 0 Å². The molecule has 3 aromatic heterocycles. The molecule has 2 nitrogen and oxygen atoms in total. The molecule has 0 unspecified atom stereocenters. The number of fused-ring (bicyclic) bond motifs is 12. The molecule has 10 aromatic carbocycles. The Morgan fingerprint density at radius 2 is 0.839 bits per heavy atom. The monoisotopic (exact) mass is 804 g/mol. The van der Waals surface area contributed by atoms with Gasteiger partial charge in [-0.25, -0.2) is 4.98 Å². The Morgan fingerprint density at radius 3 is 1.55 bits per heavy atom. The maximum atomic E-state index is 5.62. The fraction of sp³-hybridized carbons (Fsp3) is 0. The first-order valence-electron chi connectivity index (χ1n) is 21.2. The van der Waals surface area contributed by atoms with Crippen LogP contribution >= 0.6 is 11.3 Å². The molecule has 0 aliphatic carbocycles. The van der Waals surface area contributed by atoms with E-state index in [9.17, 15) is 0 Å². The molecule has 0 saturated heterocycles. The molecule has 0 amide bonds. The lowest BCUT2D eigenvalue weighted by Crippen LogP contribution is -1.97. The third kappa shape index (κ3) is 5.46. The minimum atomic E-state index is 0.931. The third-order valence-corrected chi connectivity index (χ3v) is 14.0. The number of thiophene rings is 1. The Hall–Kier alpha value is -7.85. The van der Waals surface area contributed by atoms with Crippen LogP contribution < -0.4 is 0 Å². The number of rotatable bonds is 5. The lowest BCUT2D eigenvalue weighted by atomic mass is 9.91. The molecular weight excluding hydrogens is 769 g/mol. The Balaban J connectivity index is 1.10. The summed E-state index contributed by atoms with van der Waals surface area (Å²) in [6, 6.07) is 79.9. The minimum Gasteiger partial charge on any atom is -0.309 e. The molecule has 0 aliphatic heterocycles. The molecule has 0 radical (unpaired) electrons. The first-order chi connectivity index (χ1) is 30.7. The first-order valence-corrected chi connectivity index (χ1v) is 22.0. The molecule has 288 valence electrons. The molecule has 0 atom stereocenters. The highest BCUT2D eigenvalue weighted by Gasteiger charge is 2.19. The van der Waals surface area contributed by atoms with Gasteiger partial charge in [0, 0.05) is 47.8 Å². The van der Waals surface area contributed by atoms with Crippen LogP contribution in [-0.2, 0) is 0 Å². The average molecular weight is 805 g/mol. The number of hydrogen-bond donors (Lipinski definition) is 0. The van der Waals surface area contributed by atoms with Crippen LogP contribution in [-0.4, -0.2) is 9.55 Å².